The van der Waals surface area contributed by atoms with Gasteiger partial charge in [-0.3, -0.25) is 14.5 Å². The first-order valence-electron chi connectivity index (χ1n) is 13.5. The van der Waals surface area contributed by atoms with Crippen molar-refractivity contribution in [2.45, 2.75) is 26.0 Å². The summed E-state index contributed by atoms with van der Waals surface area (Å²) in [7, 11) is 0. The quantitative estimate of drug-likeness (QED) is 0.198. The lowest BCUT2D eigenvalue weighted by Gasteiger charge is -2.29. The van der Waals surface area contributed by atoms with Crippen LogP contribution in [0.15, 0.2) is 82.8 Å². The number of rotatable bonds is 9. The highest BCUT2D eigenvalue weighted by molar-refractivity contribution is 9.10. The molecule has 5 rings (SSSR count). The fraction of sp³-hybridized carbons (Fsp3) is 0.312. The van der Waals surface area contributed by atoms with Crippen molar-refractivity contribution in [3.05, 3.63) is 105 Å². The van der Waals surface area contributed by atoms with Gasteiger partial charge in [-0.2, -0.15) is 0 Å². The highest BCUT2D eigenvalue weighted by atomic mass is 79.9. The second-order valence-corrected chi connectivity index (χ2v) is 11.0. The Labute approximate surface area is 243 Å². The van der Waals surface area contributed by atoms with Crippen LogP contribution in [0.25, 0.3) is 5.76 Å². The highest BCUT2D eigenvalue weighted by Gasteiger charge is 2.46. The van der Waals surface area contributed by atoms with Crippen LogP contribution < -0.4 is 4.74 Å². The molecule has 1 N–H and O–H groups in total. The lowest BCUT2D eigenvalue weighted by molar-refractivity contribution is -0.140. The minimum absolute atomic E-state index is 0.111. The van der Waals surface area contributed by atoms with Crippen molar-refractivity contribution in [1.82, 2.24) is 9.80 Å². The van der Waals surface area contributed by atoms with Gasteiger partial charge in [0.25, 0.3) is 11.7 Å². The lowest BCUT2D eigenvalue weighted by atomic mass is 9.94. The summed E-state index contributed by atoms with van der Waals surface area (Å²) in [6.45, 7) is 6.63. The van der Waals surface area contributed by atoms with Gasteiger partial charge in [-0.1, -0.05) is 58.4 Å². The van der Waals surface area contributed by atoms with Crippen LogP contribution in [-0.2, 0) is 20.9 Å². The summed E-state index contributed by atoms with van der Waals surface area (Å²) in [6.07, 6.45) is 0.715. The fourth-order valence-electron chi connectivity index (χ4n) is 5.27. The minimum Gasteiger partial charge on any atom is -0.507 e. The number of nitrogens with zero attached hydrogens (tertiary/aromatic N) is 2. The number of carbonyl (C=O) groups is 2. The van der Waals surface area contributed by atoms with Crippen LogP contribution in [0.4, 0.5) is 0 Å². The van der Waals surface area contributed by atoms with E-state index in [0.717, 1.165) is 40.8 Å². The van der Waals surface area contributed by atoms with Crippen molar-refractivity contribution < 1.29 is 24.2 Å². The van der Waals surface area contributed by atoms with E-state index in [1.54, 1.807) is 17.0 Å². The number of Topliss-reactive ketones (excluding diaryl/α,β-unsaturated/α-hetero) is 1. The molecule has 1 amide bonds. The van der Waals surface area contributed by atoms with Gasteiger partial charge in [0.2, 0.25) is 0 Å². The predicted octanol–water partition coefficient (Wildman–Crippen LogP) is 5.48. The summed E-state index contributed by atoms with van der Waals surface area (Å²) in [5, 5.41) is 11.5. The Morgan fingerprint density at radius 3 is 2.42 bits per heavy atom. The van der Waals surface area contributed by atoms with Crippen LogP contribution in [0.2, 0.25) is 0 Å². The molecule has 1 unspecified atom stereocenters. The maximum absolute atomic E-state index is 13.4. The number of amides is 1. The molecule has 0 aliphatic carbocycles. The normalized spacial score (nSPS) is 19.2. The Balaban J connectivity index is 1.42. The smallest absolute Gasteiger partial charge is 0.295 e. The van der Waals surface area contributed by atoms with Crippen LogP contribution in [0.3, 0.4) is 0 Å². The number of hydrogen-bond acceptors (Lipinski definition) is 6. The van der Waals surface area contributed by atoms with Crippen LogP contribution >= 0.6 is 15.9 Å². The molecule has 0 saturated carbocycles. The van der Waals surface area contributed by atoms with Gasteiger partial charge in [-0.15, -0.1) is 0 Å². The van der Waals surface area contributed by atoms with Crippen molar-refractivity contribution in [3.63, 3.8) is 0 Å². The third-order valence-electron chi connectivity index (χ3n) is 7.40. The molecule has 208 valence electrons. The molecule has 0 spiro atoms. The second-order valence-electron chi connectivity index (χ2n) is 10.1. The van der Waals surface area contributed by atoms with Crippen molar-refractivity contribution >= 4 is 33.4 Å². The van der Waals surface area contributed by atoms with E-state index in [1.807, 2.05) is 67.6 Å². The van der Waals surface area contributed by atoms with Crippen LogP contribution in [-0.4, -0.2) is 66.0 Å². The summed E-state index contributed by atoms with van der Waals surface area (Å²) in [5.41, 5.74) is 3.18. The number of ketones is 1. The largest absolute Gasteiger partial charge is 0.507 e. The van der Waals surface area contributed by atoms with E-state index in [2.05, 4.69) is 20.8 Å². The van der Waals surface area contributed by atoms with Gasteiger partial charge in [0.15, 0.2) is 0 Å². The van der Waals surface area contributed by atoms with Gasteiger partial charge < -0.3 is 19.5 Å². The van der Waals surface area contributed by atoms with Crippen molar-refractivity contribution in [2.24, 2.45) is 0 Å². The number of hydrogen-bond donors (Lipinski definition) is 1. The molecule has 0 bridgehead atoms. The number of carbonyl (C=O) groups excluding carboxylic acids is 2. The number of aryl methyl sites for hydroxylation is 1. The van der Waals surface area contributed by atoms with E-state index in [0.29, 0.717) is 44.1 Å². The average molecular weight is 606 g/mol. The molecule has 1 atom stereocenters. The standard InChI is InChI=1S/C32H33BrN2O5/c1-22-20-26(40-21-23-6-3-2-4-7-23)12-13-27(22)30(36)28-29(24-8-10-25(33)11-9-24)35(32(38)31(28)37)15-5-14-34-16-18-39-19-17-34/h2-4,6-13,20,29,36H,5,14-19,21H2,1H3/b30-28+. The number of benzene rings is 3. The monoisotopic (exact) mass is 604 g/mol. The van der Waals surface area contributed by atoms with E-state index in [4.69, 9.17) is 9.47 Å². The maximum Gasteiger partial charge on any atom is 0.295 e. The fourth-order valence-corrected chi connectivity index (χ4v) is 5.53. The van der Waals surface area contributed by atoms with E-state index >= 15 is 0 Å². The summed E-state index contributed by atoms with van der Waals surface area (Å²) < 4.78 is 12.3. The summed E-state index contributed by atoms with van der Waals surface area (Å²) >= 11 is 3.47. The molecule has 2 aliphatic heterocycles. The maximum atomic E-state index is 13.4. The van der Waals surface area contributed by atoms with E-state index in [9.17, 15) is 14.7 Å². The number of halogens is 1. The van der Waals surface area contributed by atoms with Crippen molar-refractivity contribution in [1.29, 1.82) is 0 Å². The van der Waals surface area contributed by atoms with Gasteiger partial charge in [0.1, 0.15) is 18.1 Å². The van der Waals surface area contributed by atoms with Gasteiger partial charge >= 0.3 is 0 Å². The molecular formula is C32H33BrN2O5. The summed E-state index contributed by atoms with van der Waals surface area (Å²) in [4.78, 5) is 30.6. The Kier molecular flexibility index (Phi) is 8.99. The highest BCUT2D eigenvalue weighted by Crippen LogP contribution is 2.40. The Morgan fingerprint density at radius 1 is 1.00 bits per heavy atom. The molecule has 2 heterocycles. The summed E-state index contributed by atoms with van der Waals surface area (Å²) in [6, 6.07) is 22.1. The van der Waals surface area contributed by atoms with E-state index in [1.165, 1.54) is 0 Å². The number of aliphatic hydroxyl groups excluding tert-OH is 1. The van der Waals surface area contributed by atoms with Gasteiger partial charge in [-0.05, 0) is 60.4 Å². The predicted molar refractivity (Wildman–Crippen MR) is 157 cm³/mol. The van der Waals surface area contributed by atoms with E-state index < -0.39 is 17.7 Å². The minimum atomic E-state index is -0.675. The van der Waals surface area contributed by atoms with Crippen molar-refractivity contribution in [2.75, 3.05) is 39.4 Å². The molecule has 2 saturated heterocycles. The van der Waals surface area contributed by atoms with Crippen LogP contribution in [0, 0.1) is 6.92 Å². The number of likely N-dealkylation sites (tertiary alicyclic amines) is 1. The van der Waals surface area contributed by atoms with Gasteiger partial charge in [0.05, 0.1) is 24.8 Å². The molecule has 7 nitrogen and oxygen atoms in total. The Morgan fingerprint density at radius 2 is 1.73 bits per heavy atom. The lowest BCUT2D eigenvalue weighted by Crippen LogP contribution is -2.38. The number of aliphatic hydroxyl groups is 1. The summed E-state index contributed by atoms with van der Waals surface area (Å²) in [5.74, 6) is -0.766. The molecule has 40 heavy (non-hydrogen) atoms. The van der Waals surface area contributed by atoms with Crippen molar-refractivity contribution in [3.8, 4) is 5.75 Å². The molecular weight excluding hydrogens is 572 g/mol. The SMILES string of the molecule is Cc1cc(OCc2ccccc2)ccc1/C(O)=C1\C(=O)C(=O)N(CCCN2CCOCC2)C1c1ccc(Br)cc1. The number of morpholine rings is 1. The zero-order chi connectivity index (χ0) is 28.1. The van der Waals surface area contributed by atoms with E-state index in [-0.39, 0.29) is 11.3 Å². The van der Waals surface area contributed by atoms with Gasteiger partial charge in [-0.25, -0.2) is 0 Å². The Hall–Kier alpha value is -3.46. The average Bonchev–Trinajstić information content (AvgIpc) is 3.22. The second kappa shape index (κ2) is 12.8. The molecule has 2 aliphatic rings. The number of ether oxygens (including phenoxy) is 2. The molecule has 3 aromatic rings. The first kappa shape index (κ1) is 28.1. The molecule has 0 aromatic heterocycles. The topological polar surface area (TPSA) is 79.3 Å². The third kappa shape index (κ3) is 6.30. The molecule has 3 aromatic carbocycles. The zero-order valence-electron chi connectivity index (χ0n) is 22.5. The Bertz CT molecular complexity index is 1380. The first-order chi connectivity index (χ1) is 19.4. The van der Waals surface area contributed by atoms with Gasteiger partial charge in [0, 0.05) is 36.2 Å². The van der Waals surface area contributed by atoms with Crippen LogP contribution in [0.1, 0.15) is 34.7 Å². The third-order valence-corrected chi connectivity index (χ3v) is 7.93. The molecule has 0 radical (unpaired) electrons. The molecule has 8 heteroatoms. The molecule has 2 fully saturated rings. The van der Waals surface area contributed by atoms with Crippen LogP contribution in [0.5, 0.6) is 5.75 Å². The first-order valence-corrected chi connectivity index (χ1v) is 14.3. The zero-order valence-corrected chi connectivity index (χ0v) is 24.1.